The van der Waals surface area contributed by atoms with Crippen molar-refractivity contribution in [3.8, 4) is 0 Å². The first-order chi connectivity index (χ1) is 13.5. The molecule has 1 aliphatic carbocycles. The third-order valence-electron chi connectivity index (χ3n) is 6.01. The quantitative estimate of drug-likeness (QED) is 0.856. The van der Waals surface area contributed by atoms with Gasteiger partial charge in [0.1, 0.15) is 5.76 Å². The van der Waals surface area contributed by atoms with Crippen LogP contribution in [0, 0.1) is 23.0 Å². The van der Waals surface area contributed by atoms with Crippen LogP contribution in [-0.2, 0) is 22.6 Å². The van der Waals surface area contributed by atoms with Gasteiger partial charge in [0.05, 0.1) is 19.2 Å². The van der Waals surface area contributed by atoms with Gasteiger partial charge in [0, 0.05) is 24.6 Å². The van der Waals surface area contributed by atoms with E-state index in [1.165, 1.54) is 12.1 Å². The van der Waals surface area contributed by atoms with Crippen molar-refractivity contribution >= 4 is 11.8 Å². The molecule has 1 spiro atoms. The molecule has 7 heteroatoms. The second-order valence-electron chi connectivity index (χ2n) is 7.69. The van der Waals surface area contributed by atoms with Gasteiger partial charge in [-0.3, -0.25) is 9.59 Å². The molecular weight excluding hydrogens is 366 g/mol. The van der Waals surface area contributed by atoms with Crippen molar-refractivity contribution in [2.45, 2.75) is 32.2 Å². The van der Waals surface area contributed by atoms with Crippen LogP contribution in [0.25, 0.3) is 0 Å². The second kappa shape index (κ2) is 7.37. The van der Waals surface area contributed by atoms with Crippen LogP contribution in [0.15, 0.2) is 41.0 Å². The first-order valence-electron chi connectivity index (χ1n) is 9.49. The largest absolute Gasteiger partial charge is 0.467 e. The summed E-state index contributed by atoms with van der Waals surface area (Å²) in [4.78, 5) is 26.5. The maximum Gasteiger partial charge on any atom is 0.227 e. The number of hydrogen-bond acceptors (Lipinski definition) is 3. The molecule has 1 atom stereocenters. The molecule has 28 heavy (non-hydrogen) atoms. The van der Waals surface area contributed by atoms with Gasteiger partial charge in [-0.05, 0) is 42.9 Å². The maximum absolute atomic E-state index is 13.8. The Balaban J connectivity index is 1.27. The summed E-state index contributed by atoms with van der Waals surface area (Å²) in [5, 5.41) is 2.91. The fourth-order valence-electron chi connectivity index (χ4n) is 4.14. The molecule has 5 nitrogen and oxygen atoms in total. The Labute approximate surface area is 161 Å². The van der Waals surface area contributed by atoms with E-state index in [2.05, 4.69) is 5.32 Å². The van der Waals surface area contributed by atoms with Gasteiger partial charge in [0.25, 0.3) is 0 Å². The Bertz CT molecular complexity index is 874. The van der Waals surface area contributed by atoms with E-state index in [4.69, 9.17) is 4.42 Å². The smallest absolute Gasteiger partial charge is 0.227 e. The number of halogens is 2. The number of rotatable bonds is 5. The summed E-state index contributed by atoms with van der Waals surface area (Å²) in [5.74, 6) is -1.39. The van der Waals surface area contributed by atoms with Crippen LogP contribution in [0.4, 0.5) is 8.78 Å². The van der Waals surface area contributed by atoms with E-state index in [9.17, 15) is 18.4 Å². The van der Waals surface area contributed by atoms with Crippen LogP contribution < -0.4 is 5.32 Å². The van der Waals surface area contributed by atoms with Crippen molar-refractivity contribution < 1.29 is 22.8 Å². The molecular formula is C21H22F2N2O3. The molecule has 2 aromatic rings. The minimum absolute atomic E-state index is 0.0259. The highest BCUT2D eigenvalue weighted by molar-refractivity contribution is 5.83. The van der Waals surface area contributed by atoms with Gasteiger partial charge in [-0.25, -0.2) is 8.78 Å². The number of carbonyl (C=O) groups is 2. The van der Waals surface area contributed by atoms with Crippen LogP contribution >= 0.6 is 0 Å². The van der Waals surface area contributed by atoms with Crippen LogP contribution in [0.3, 0.4) is 0 Å². The summed E-state index contributed by atoms with van der Waals surface area (Å²) < 4.78 is 32.3. The van der Waals surface area contributed by atoms with Crippen molar-refractivity contribution in [3.05, 3.63) is 59.6 Å². The number of carbonyl (C=O) groups excluding carboxylic acids is 2. The first kappa shape index (κ1) is 18.7. The lowest BCUT2D eigenvalue weighted by Gasteiger charge is -2.33. The SMILES string of the molecule is O=C(NCc1ccco1)C1CC12CCN(C(=O)Cc1cccc(F)c1F)CC2. The predicted octanol–water partition coefficient (Wildman–Crippen LogP) is 3.05. The van der Waals surface area contributed by atoms with E-state index in [0.717, 1.165) is 25.3 Å². The fraction of sp³-hybridized carbons (Fsp3) is 0.429. The van der Waals surface area contributed by atoms with Crippen molar-refractivity contribution in [1.29, 1.82) is 0 Å². The Morgan fingerprint density at radius 1 is 1.18 bits per heavy atom. The van der Waals surface area contributed by atoms with E-state index in [1.54, 1.807) is 17.2 Å². The highest BCUT2D eigenvalue weighted by Gasteiger charge is 2.58. The van der Waals surface area contributed by atoms with E-state index in [0.29, 0.717) is 25.4 Å². The number of furan rings is 1. The van der Waals surface area contributed by atoms with Gasteiger partial charge >= 0.3 is 0 Å². The number of piperidine rings is 1. The fourth-order valence-corrected chi connectivity index (χ4v) is 4.14. The third kappa shape index (κ3) is 3.66. The van der Waals surface area contributed by atoms with Gasteiger partial charge in [-0.15, -0.1) is 0 Å². The van der Waals surface area contributed by atoms with E-state index in [1.807, 2.05) is 6.07 Å². The molecule has 1 saturated carbocycles. The lowest BCUT2D eigenvalue weighted by molar-refractivity contribution is -0.132. The zero-order valence-electron chi connectivity index (χ0n) is 15.4. The second-order valence-corrected chi connectivity index (χ2v) is 7.69. The van der Waals surface area contributed by atoms with Gasteiger partial charge in [-0.2, -0.15) is 0 Å². The van der Waals surface area contributed by atoms with Crippen molar-refractivity contribution in [3.63, 3.8) is 0 Å². The summed E-state index contributed by atoms with van der Waals surface area (Å²) >= 11 is 0. The number of nitrogens with one attached hydrogen (secondary N) is 1. The standard InChI is InChI=1S/C21H22F2N2O3/c22-17-5-1-3-14(19(17)23)11-18(26)25-8-6-21(7-9-25)12-16(21)20(27)24-13-15-4-2-10-28-15/h1-5,10,16H,6-9,11-13H2,(H,24,27). The monoisotopic (exact) mass is 388 g/mol. The number of benzene rings is 1. The molecule has 4 rings (SSSR count). The van der Waals surface area contributed by atoms with Crippen LogP contribution in [0.2, 0.25) is 0 Å². The summed E-state index contributed by atoms with van der Waals surface area (Å²) in [6.45, 7) is 1.46. The summed E-state index contributed by atoms with van der Waals surface area (Å²) in [7, 11) is 0. The van der Waals surface area contributed by atoms with Crippen molar-refractivity contribution in [2.24, 2.45) is 11.3 Å². The summed E-state index contributed by atoms with van der Waals surface area (Å²) in [5.41, 5.74) is 0.0422. The number of likely N-dealkylation sites (tertiary alicyclic amines) is 1. The van der Waals surface area contributed by atoms with Crippen LogP contribution in [-0.4, -0.2) is 29.8 Å². The number of nitrogens with zero attached hydrogens (tertiary/aromatic N) is 1. The Morgan fingerprint density at radius 2 is 1.96 bits per heavy atom. The predicted molar refractivity (Wildman–Crippen MR) is 97.0 cm³/mol. The minimum Gasteiger partial charge on any atom is -0.467 e. The minimum atomic E-state index is -0.959. The summed E-state index contributed by atoms with van der Waals surface area (Å²) in [6.07, 6.45) is 3.76. The zero-order valence-corrected chi connectivity index (χ0v) is 15.4. The molecule has 1 unspecified atom stereocenters. The number of amides is 2. The van der Waals surface area contributed by atoms with Gasteiger partial charge in [0.2, 0.25) is 11.8 Å². The van der Waals surface area contributed by atoms with Crippen LogP contribution in [0.1, 0.15) is 30.6 Å². The molecule has 1 N–H and O–H groups in total. The van der Waals surface area contributed by atoms with E-state index < -0.39 is 11.6 Å². The first-order valence-corrected chi connectivity index (χ1v) is 9.49. The molecule has 0 radical (unpaired) electrons. The number of hydrogen-bond donors (Lipinski definition) is 1. The molecule has 2 amide bonds. The molecule has 1 aromatic heterocycles. The maximum atomic E-state index is 13.8. The Morgan fingerprint density at radius 3 is 2.68 bits per heavy atom. The lowest BCUT2D eigenvalue weighted by atomic mass is 9.90. The highest BCUT2D eigenvalue weighted by atomic mass is 19.2. The lowest BCUT2D eigenvalue weighted by Crippen LogP contribution is -2.41. The summed E-state index contributed by atoms with van der Waals surface area (Å²) in [6, 6.07) is 7.47. The highest BCUT2D eigenvalue weighted by Crippen LogP contribution is 2.59. The third-order valence-corrected chi connectivity index (χ3v) is 6.01. The van der Waals surface area contributed by atoms with Crippen LogP contribution in [0.5, 0.6) is 0 Å². The van der Waals surface area contributed by atoms with Crippen molar-refractivity contribution in [1.82, 2.24) is 10.2 Å². The molecule has 1 aliphatic heterocycles. The normalized spacial score (nSPS) is 20.2. The molecule has 2 heterocycles. The molecule has 2 aliphatic rings. The van der Waals surface area contributed by atoms with Crippen molar-refractivity contribution in [2.75, 3.05) is 13.1 Å². The van der Waals surface area contributed by atoms with E-state index >= 15 is 0 Å². The zero-order chi connectivity index (χ0) is 19.7. The van der Waals surface area contributed by atoms with Gasteiger partial charge in [0.15, 0.2) is 11.6 Å². The van der Waals surface area contributed by atoms with E-state index in [-0.39, 0.29) is 35.1 Å². The average molecular weight is 388 g/mol. The molecule has 148 valence electrons. The molecule has 1 aromatic carbocycles. The molecule has 1 saturated heterocycles. The molecule has 0 bridgehead atoms. The van der Waals surface area contributed by atoms with Gasteiger partial charge in [-0.1, -0.05) is 12.1 Å². The Hall–Kier alpha value is -2.70. The topological polar surface area (TPSA) is 62.6 Å². The molecule has 2 fully saturated rings. The average Bonchev–Trinajstić information content (AvgIpc) is 3.13. The Kier molecular flexibility index (Phi) is 4.91. The van der Waals surface area contributed by atoms with Gasteiger partial charge < -0.3 is 14.6 Å².